The lowest BCUT2D eigenvalue weighted by Crippen LogP contribution is -2.18. The van der Waals surface area contributed by atoms with Crippen molar-refractivity contribution in [3.63, 3.8) is 0 Å². The highest BCUT2D eigenvalue weighted by Crippen LogP contribution is 2.16. The largest absolute Gasteiger partial charge is 0.508 e. The molecular weight excluding hydrogens is 246 g/mol. The van der Waals surface area contributed by atoms with Gasteiger partial charge in [0.2, 0.25) is 0 Å². The summed E-state index contributed by atoms with van der Waals surface area (Å²) in [7, 11) is 0. The van der Waals surface area contributed by atoms with Gasteiger partial charge in [0.25, 0.3) is 0 Å². The van der Waals surface area contributed by atoms with Crippen LogP contribution in [0.1, 0.15) is 11.7 Å². The molecule has 0 aliphatic carbocycles. The van der Waals surface area contributed by atoms with Crippen LogP contribution >= 0.6 is 0 Å². The minimum atomic E-state index is -1.34. The predicted octanol–water partition coefficient (Wildman–Crippen LogP) is 2.00. The number of phenolic OH excluding ortho intramolecular Hbond substituents is 1. The van der Waals surface area contributed by atoms with E-state index in [0.717, 1.165) is 0 Å². The second-order valence-electron chi connectivity index (χ2n) is 3.88. The first-order valence-electron chi connectivity index (χ1n) is 5.65. The highest BCUT2D eigenvalue weighted by molar-refractivity contribution is 5.77. The zero-order valence-corrected chi connectivity index (χ0v) is 9.98. The van der Waals surface area contributed by atoms with Gasteiger partial charge in [0, 0.05) is 0 Å². The van der Waals surface area contributed by atoms with Crippen LogP contribution in [0.4, 0.5) is 5.69 Å². The fourth-order valence-corrected chi connectivity index (χ4v) is 1.47. The van der Waals surface area contributed by atoms with E-state index >= 15 is 0 Å². The van der Waals surface area contributed by atoms with Crippen LogP contribution in [-0.4, -0.2) is 16.2 Å². The molecule has 0 aliphatic heterocycles. The molecule has 0 radical (unpaired) electrons. The number of carbonyl (C=O) groups is 1. The lowest BCUT2D eigenvalue weighted by atomic mass is 10.1. The topological polar surface area (TPSA) is 78.8 Å². The Labute approximate surface area is 110 Å². The van der Waals surface area contributed by atoms with Crippen LogP contribution in [0.5, 0.6) is 5.75 Å². The van der Waals surface area contributed by atoms with Gasteiger partial charge in [-0.2, -0.15) is 0 Å². The SMILES string of the molecule is O=C(ONc1ccc(O)cc1)[C@H](O)c1ccccc1. The highest BCUT2D eigenvalue weighted by Gasteiger charge is 2.19. The zero-order valence-electron chi connectivity index (χ0n) is 9.98. The van der Waals surface area contributed by atoms with Crippen LogP contribution in [0.3, 0.4) is 0 Å². The number of hydrogen-bond acceptors (Lipinski definition) is 5. The van der Waals surface area contributed by atoms with Gasteiger partial charge in [-0.15, -0.1) is 0 Å². The summed E-state index contributed by atoms with van der Waals surface area (Å²) >= 11 is 0. The molecule has 98 valence electrons. The number of aromatic hydroxyl groups is 1. The number of benzene rings is 2. The smallest absolute Gasteiger partial charge is 0.364 e. The van der Waals surface area contributed by atoms with Gasteiger partial charge in [0.1, 0.15) is 5.75 Å². The van der Waals surface area contributed by atoms with Crippen LogP contribution in [0, 0.1) is 0 Å². The van der Waals surface area contributed by atoms with E-state index in [1.54, 1.807) is 30.3 Å². The van der Waals surface area contributed by atoms with Crippen molar-refractivity contribution in [3.8, 4) is 5.75 Å². The first kappa shape index (κ1) is 12.9. The lowest BCUT2D eigenvalue weighted by molar-refractivity contribution is -0.150. The van der Waals surface area contributed by atoms with E-state index in [2.05, 4.69) is 5.48 Å². The number of aliphatic hydroxyl groups is 1. The first-order chi connectivity index (χ1) is 9.16. The summed E-state index contributed by atoms with van der Waals surface area (Å²) < 4.78 is 0. The number of phenols is 1. The monoisotopic (exact) mass is 259 g/mol. The van der Waals surface area contributed by atoms with Crippen molar-refractivity contribution < 1.29 is 19.8 Å². The van der Waals surface area contributed by atoms with Crippen molar-refractivity contribution in [1.82, 2.24) is 0 Å². The van der Waals surface area contributed by atoms with Gasteiger partial charge in [-0.3, -0.25) is 0 Å². The Morgan fingerprint density at radius 1 is 1.05 bits per heavy atom. The van der Waals surface area contributed by atoms with E-state index < -0.39 is 12.1 Å². The molecule has 1 atom stereocenters. The van der Waals surface area contributed by atoms with Gasteiger partial charge in [-0.1, -0.05) is 30.3 Å². The van der Waals surface area contributed by atoms with E-state index in [1.165, 1.54) is 24.3 Å². The third-order valence-electron chi connectivity index (χ3n) is 2.48. The minimum absolute atomic E-state index is 0.112. The highest BCUT2D eigenvalue weighted by atomic mass is 16.7. The van der Waals surface area contributed by atoms with Crippen LogP contribution in [0.25, 0.3) is 0 Å². The Balaban J connectivity index is 1.93. The van der Waals surface area contributed by atoms with Crippen molar-refractivity contribution >= 4 is 11.7 Å². The molecule has 0 unspecified atom stereocenters. The number of nitrogens with one attached hydrogen (secondary N) is 1. The van der Waals surface area contributed by atoms with Crippen molar-refractivity contribution in [2.24, 2.45) is 0 Å². The molecule has 0 amide bonds. The molecule has 19 heavy (non-hydrogen) atoms. The number of anilines is 1. The molecule has 0 aliphatic rings. The maximum absolute atomic E-state index is 11.6. The molecule has 5 nitrogen and oxygen atoms in total. The number of hydrogen-bond donors (Lipinski definition) is 3. The fourth-order valence-electron chi connectivity index (χ4n) is 1.47. The van der Waals surface area contributed by atoms with E-state index in [9.17, 15) is 9.90 Å². The first-order valence-corrected chi connectivity index (χ1v) is 5.65. The van der Waals surface area contributed by atoms with Crippen molar-refractivity contribution in [2.75, 3.05) is 5.48 Å². The Bertz CT molecular complexity index is 539. The molecule has 0 saturated carbocycles. The Kier molecular flexibility index (Phi) is 4.00. The molecule has 0 fully saturated rings. The minimum Gasteiger partial charge on any atom is -0.508 e. The molecule has 5 heteroatoms. The van der Waals surface area contributed by atoms with Crippen molar-refractivity contribution in [3.05, 3.63) is 60.2 Å². The quantitative estimate of drug-likeness (QED) is 0.578. The van der Waals surface area contributed by atoms with Gasteiger partial charge in [-0.25, -0.2) is 10.3 Å². The zero-order chi connectivity index (χ0) is 13.7. The van der Waals surface area contributed by atoms with Gasteiger partial charge in [0.05, 0.1) is 5.69 Å². The van der Waals surface area contributed by atoms with Gasteiger partial charge >= 0.3 is 5.97 Å². The van der Waals surface area contributed by atoms with Gasteiger partial charge < -0.3 is 15.1 Å². The number of rotatable bonds is 4. The van der Waals surface area contributed by atoms with Crippen molar-refractivity contribution in [2.45, 2.75) is 6.10 Å². The summed E-state index contributed by atoms with van der Waals surface area (Å²) in [5.41, 5.74) is 3.35. The normalized spacial score (nSPS) is 11.6. The lowest BCUT2D eigenvalue weighted by Gasteiger charge is -2.11. The third kappa shape index (κ3) is 3.46. The summed E-state index contributed by atoms with van der Waals surface area (Å²) in [6.07, 6.45) is -1.34. The summed E-state index contributed by atoms with van der Waals surface area (Å²) in [6.45, 7) is 0. The molecular formula is C14H13NO4. The fraction of sp³-hybridized carbons (Fsp3) is 0.0714. The van der Waals surface area contributed by atoms with Crippen LogP contribution in [0.15, 0.2) is 54.6 Å². The summed E-state index contributed by atoms with van der Waals surface area (Å²) in [5, 5.41) is 18.9. The van der Waals surface area contributed by atoms with E-state index in [0.29, 0.717) is 11.3 Å². The van der Waals surface area contributed by atoms with E-state index in [-0.39, 0.29) is 5.75 Å². The molecule has 0 saturated heterocycles. The second-order valence-corrected chi connectivity index (χ2v) is 3.88. The average Bonchev–Trinajstić information content (AvgIpc) is 2.46. The molecule has 3 N–H and O–H groups in total. The van der Waals surface area contributed by atoms with E-state index in [4.69, 9.17) is 9.94 Å². The standard InChI is InChI=1S/C14H13NO4/c16-12-8-6-11(7-9-12)15-19-14(18)13(17)10-4-2-1-3-5-10/h1-9,13,15-17H/t13-/m1/s1. The number of carbonyl (C=O) groups excluding carboxylic acids is 1. The Morgan fingerprint density at radius 2 is 1.68 bits per heavy atom. The molecule has 0 bridgehead atoms. The van der Waals surface area contributed by atoms with Crippen LogP contribution in [-0.2, 0) is 9.63 Å². The van der Waals surface area contributed by atoms with Gasteiger partial charge in [-0.05, 0) is 29.8 Å². The molecule has 2 aromatic rings. The summed E-state index contributed by atoms with van der Waals surface area (Å²) in [5.74, 6) is -0.694. The molecule has 2 aromatic carbocycles. The molecule has 2 rings (SSSR count). The summed E-state index contributed by atoms with van der Waals surface area (Å²) in [6, 6.07) is 14.5. The number of aliphatic hydroxyl groups excluding tert-OH is 1. The maximum atomic E-state index is 11.6. The van der Waals surface area contributed by atoms with Crippen molar-refractivity contribution in [1.29, 1.82) is 0 Å². The summed E-state index contributed by atoms with van der Waals surface area (Å²) in [4.78, 5) is 16.4. The van der Waals surface area contributed by atoms with Crippen LogP contribution in [0.2, 0.25) is 0 Å². The van der Waals surface area contributed by atoms with Crippen LogP contribution < -0.4 is 5.48 Å². The van der Waals surface area contributed by atoms with E-state index in [1.807, 2.05) is 0 Å². The predicted molar refractivity (Wildman–Crippen MR) is 69.2 cm³/mol. The Morgan fingerprint density at radius 3 is 2.32 bits per heavy atom. The molecule has 0 heterocycles. The second kappa shape index (κ2) is 5.88. The third-order valence-corrected chi connectivity index (χ3v) is 2.48. The Hall–Kier alpha value is -2.53. The molecule has 0 aromatic heterocycles. The molecule has 0 spiro atoms. The van der Waals surface area contributed by atoms with Gasteiger partial charge in [0.15, 0.2) is 6.10 Å². The average molecular weight is 259 g/mol. The maximum Gasteiger partial charge on any atom is 0.364 e.